The molecule has 0 fully saturated rings. The predicted octanol–water partition coefficient (Wildman–Crippen LogP) is 10.8. The first-order chi connectivity index (χ1) is 21.0. The summed E-state index contributed by atoms with van der Waals surface area (Å²) < 4.78 is 36.9. The van der Waals surface area contributed by atoms with Crippen LogP contribution in [0.15, 0.2) is 164 Å². The lowest BCUT2D eigenvalue weighted by molar-refractivity contribution is 1.30. The van der Waals surface area contributed by atoms with Crippen molar-refractivity contribution in [3.63, 3.8) is 0 Å². The first-order valence-corrected chi connectivity index (χ1v) is 13.1. The molecule has 1 nitrogen and oxygen atoms in total. The maximum atomic E-state index is 9.68. The summed E-state index contributed by atoms with van der Waals surface area (Å²) in [5.41, 5.74) is 4.83. The zero-order chi connectivity index (χ0) is 29.5. The molecule has 0 unspecified atom stereocenters. The van der Waals surface area contributed by atoms with E-state index < -0.39 is 0 Å². The predicted molar refractivity (Wildman–Crippen MR) is 167 cm³/mol. The summed E-state index contributed by atoms with van der Waals surface area (Å²) in [5.74, 6) is 0. The van der Waals surface area contributed by atoms with Gasteiger partial charge in [0.15, 0.2) is 0 Å². The van der Waals surface area contributed by atoms with Crippen molar-refractivity contribution in [2.75, 3.05) is 4.90 Å². The second-order valence-corrected chi connectivity index (χ2v) is 9.47. The molecule has 39 heavy (non-hydrogen) atoms. The van der Waals surface area contributed by atoms with Crippen molar-refractivity contribution in [3.8, 4) is 22.3 Å². The molecular formula is C38H27N. The van der Waals surface area contributed by atoms with E-state index in [-0.39, 0.29) is 29.9 Å². The van der Waals surface area contributed by atoms with Gasteiger partial charge in [0.2, 0.25) is 0 Å². The lowest BCUT2D eigenvalue weighted by Crippen LogP contribution is -2.11. The van der Waals surface area contributed by atoms with Crippen molar-refractivity contribution in [2.45, 2.75) is 0 Å². The fourth-order valence-corrected chi connectivity index (χ4v) is 5.33. The van der Waals surface area contributed by atoms with Gasteiger partial charge in [0.1, 0.15) is 0 Å². The summed E-state index contributed by atoms with van der Waals surface area (Å²) in [6.45, 7) is 0. The molecule has 0 atom stereocenters. The van der Waals surface area contributed by atoms with Crippen molar-refractivity contribution < 1.29 is 5.48 Å². The molecule has 0 radical (unpaired) electrons. The zero-order valence-corrected chi connectivity index (χ0v) is 21.2. The molecule has 184 valence electrons. The number of nitrogens with zero attached hydrogens (tertiary/aromatic N) is 1. The van der Waals surface area contributed by atoms with Crippen LogP contribution >= 0.6 is 0 Å². The van der Waals surface area contributed by atoms with Crippen molar-refractivity contribution in [1.82, 2.24) is 0 Å². The fraction of sp³-hybridized carbons (Fsp3) is 0. The SMILES string of the molecule is [2H]c1c([2H])c(-c2cccc3ccccc23)c([2H])c(N(c2ccccc2-c2ccccc2)c2cccc3ccccc23)c1[2H]. The lowest BCUT2D eigenvalue weighted by Gasteiger charge is -2.29. The molecule has 7 aromatic carbocycles. The third kappa shape index (κ3) is 4.24. The first-order valence-electron chi connectivity index (χ1n) is 15.1. The van der Waals surface area contributed by atoms with E-state index in [4.69, 9.17) is 2.74 Å². The molecule has 0 aliphatic carbocycles. The summed E-state index contributed by atoms with van der Waals surface area (Å²) >= 11 is 0. The standard InChI is InChI=1S/C38H27N/c1-2-13-29(14-3-1)35-23-8-9-25-37(35)39(38-26-12-18-30-16-5-7-22-36(30)38)32-20-10-19-31(27-32)34-24-11-17-28-15-4-6-21-33(28)34/h1-27H/i10D,19D,20D,27D. The lowest BCUT2D eigenvalue weighted by atomic mass is 9.97. The fourth-order valence-electron chi connectivity index (χ4n) is 5.33. The van der Waals surface area contributed by atoms with E-state index in [1.54, 1.807) is 0 Å². The van der Waals surface area contributed by atoms with Gasteiger partial charge in [-0.15, -0.1) is 0 Å². The molecule has 0 amide bonds. The van der Waals surface area contributed by atoms with Gasteiger partial charge < -0.3 is 4.90 Å². The molecule has 0 bridgehead atoms. The largest absolute Gasteiger partial charge is 0.309 e. The topological polar surface area (TPSA) is 3.24 Å². The van der Waals surface area contributed by atoms with Crippen molar-refractivity contribution in [1.29, 1.82) is 0 Å². The Balaban J connectivity index is 1.61. The minimum Gasteiger partial charge on any atom is -0.309 e. The van der Waals surface area contributed by atoms with Gasteiger partial charge in [-0.2, -0.15) is 0 Å². The Morgan fingerprint density at radius 2 is 1.03 bits per heavy atom. The van der Waals surface area contributed by atoms with Crippen LogP contribution in [0.25, 0.3) is 43.8 Å². The van der Waals surface area contributed by atoms with Crippen LogP contribution in [0.3, 0.4) is 0 Å². The van der Waals surface area contributed by atoms with E-state index in [2.05, 4.69) is 0 Å². The normalized spacial score (nSPS) is 12.5. The van der Waals surface area contributed by atoms with Crippen LogP contribution in [0.2, 0.25) is 0 Å². The highest BCUT2D eigenvalue weighted by Gasteiger charge is 2.19. The smallest absolute Gasteiger partial charge is 0.0651 e. The Bertz CT molecular complexity index is 2130. The Morgan fingerprint density at radius 1 is 0.436 bits per heavy atom. The number of para-hydroxylation sites is 1. The third-order valence-corrected chi connectivity index (χ3v) is 7.13. The van der Waals surface area contributed by atoms with Gasteiger partial charge in [0, 0.05) is 16.6 Å². The van der Waals surface area contributed by atoms with Crippen molar-refractivity contribution >= 4 is 38.6 Å². The van der Waals surface area contributed by atoms with Crippen LogP contribution in [-0.2, 0) is 0 Å². The van der Waals surface area contributed by atoms with Crippen LogP contribution < -0.4 is 4.90 Å². The first kappa shape index (κ1) is 19.0. The summed E-state index contributed by atoms with van der Waals surface area (Å²) in [6, 6.07) is 45.4. The Morgan fingerprint density at radius 3 is 1.87 bits per heavy atom. The highest BCUT2D eigenvalue weighted by molar-refractivity contribution is 6.02. The summed E-state index contributed by atoms with van der Waals surface area (Å²) in [7, 11) is 0. The number of benzene rings is 7. The molecule has 0 aliphatic rings. The maximum Gasteiger partial charge on any atom is 0.0651 e. The van der Waals surface area contributed by atoms with E-state index in [1.165, 1.54) is 0 Å². The number of anilines is 3. The third-order valence-electron chi connectivity index (χ3n) is 7.13. The van der Waals surface area contributed by atoms with Crippen LogP contribution in [0.1, 0.15) is 5.48 Å². The Hall–Kier alpha value is -5.14. The quantitative estimate of drug-likeness (QED) is 0.227. The molecule has 1 heteroatoms. The number of rotatable bonds is 5. The maximum absolute atomic E-state index is 9.68. The van der Waals surface area contributed by atoms with Crippen LogP contribution in [-0.4, -0.2) is 0 Å². The minimum atomic E-state index is -0.212. The molecule has 0 N–H and O–H groups in total. The number of hydrogen-bond acceptors (Lipinski definition) is 1. The molecule has 0 aromatic heterocycles. The van der Waals surface area contributed by atoms with Crippen molar-refractivity contribution in [2.24, 2.45) is 0 Å². The average molecular weight is 502 g/mol. The molecule has 0 saturated carbocycles. The van der Waals surface area contributed by atoms with Gasteiger partial charge in [0.25, 0.3) is 0 Å². The monoisotopic (exact) mass is 501 g/mol. The van der Waals surface area contributed by atoms with Crippen molar-refractivity contribution in [3.05, 3.63) is 164 Å². The molecule has 0 saturated heterocycles. The van der Waals surface area contributed by atoms with E-state index in [0.717, 1.165) is 44.0 Å². The van der Waals surface area contributed by atoms with Crippen LogP contribution in [0.4, 0.5) is 17.1 Å². The average Bonchev–Trinajstić information content (AvgIpc) is 3.06. The highest BCUT2D eigenvalue weighted by atomic mass is 15.1. The Kier molecular flexibility index (Phi) is 4.86. The summed E-state index contributed by atoms with van der Waals surface area (Å²) in [5, 5.41) is 3.87. The Labute approximate surface area is 234 Å². The molecule has 0 spiro atoms. The van der Waals surface area contributed by atoms with Gasteiger partial charge in [-0.05, 0) is 57.1 Å². The second kappa shape index (κ2) is 9.96. The van der Waals surface area contributed by atoms with Gasteiger partial charge in [-0.25, -0.2) is 0 Å². The molecule has 7 aromatic rings. The zero-order valence-electron chi connectivity index (χ0n) is 25.2. The van der Waals surface area contributed by atoms with Gasteiger partial charge >= 0.3 is 0 Å². The minimum absolute atomic E-state index is 0.0400. The van der Waals surface area contributed by atoms with Gasteiger partial charge in [0.05, 0.1) is 16.9 Å². The molecule has 0 aliphatic heterocycles. The number of hydrogen-bond donors (Lipinski definition) is 0. The second-order valence-electron chi connectivity index (χ2n) is 9.47. The molecule has 0 heterocycles. The van der Waals surface area contributed by atoms with E-state index >= 15 is 0 Å². The van der Waals surface area contributed by atoms with Gasteiger partial charge in [-0.1, -0.05) is 139 Å². The molecule has 7 rings (SSSR count). The van der Waals surface area contributed by atoms with Gasteiger partial charge in [-0.3, -0.25) is 0 Å². The van der Waals surface area contributed by atoms with Crippen LogP contribution in [0, 0.1) is 0 Å². The van der Waals surface area contributed by atoms with E-state index in [9.17, 15) is 2.74 Å². The summed E-state index contributed by atoms with van der Waals surface area (Å²) in [6.07, 6.45) is 0. The van der Waals surface area contributed by atoms with E-state index in [0.29, 0.717) is 11.1 Å². The van der Waals surface area contributed by atoms with E-state index in [1.807, 2.05) is 144 Å². The summed E-state index contributed by atoms with van der Waals surface area (Å²) in [4.78, 5) is 1.95. The van der Waals surface area contributed by atoms with Crippen LogP contribution in [0.5, 0.6) is 0 Å². The molecular weight excluding hydrogens is 470 g/mol. The highest BCUT2D eigenvalue weighted by Crippen LogP contribution is 2.44. The number of fused-ring (bicyclic) bond motifs is 2.